The van der Waals surface area contributed by atoms with Gasteiger partial charge < -0.3 is 0 Å². The maximum absolute atomic E-state index is 13.5. The molecular formula is C11H5ClF2N2O. The molecule has 0 saturated heterocycles. The molecule has 1 heterocycles. The van der Waals surface area contributed by atoms with Crippen LogP contribution in [0, 0.1) is 11.6 Å². The standard InChI is InChI=1S/C11H5ClF2N2O/c12-7-4-15-9(5-17)16-11(7)6-2-1-3-8(13)10(6)14/h1-5H. The molecule has 86 valence electrons. The number of hydrogen-bond acceptors (Lipinski definition) is 3. The van der Waals surface area contributed by atoms with Crippen molar-refractivity contribution >= 4 is 17.9 Å². The molecule has 0 fully saturated rings. The molecule has 0 amide bonds. The molecular weight excluding hydrogens is 250 g/mol. The first-order valence-electron chi connectivity index (χ1n) is 4.55. The van der Waals surface area contributed by atoms with Gasteiger partial charge in [-0.05, 0) is 12.1 Å². The second-order valence-electron chi connectivity index (χ2n) is 3.14. The predicted molar refractivity (Wildman–Crippen MR) is 57.8 cm³/mol. The summed E-state index contributed by atoms with van der Waals surface area (Å²) >= 11 is 5.78. The first kappa shape index (κ1) is 11.6. The van der Waals surface area contributed by atoms with Crippen LogP contribution in [0.5, 0.6) is 0 Å². The summed E-state index contributed by atoms with van der Waals surface area (Å²) in [7, 11) is 0. The zero-order valence-electron chi connectivity index (χ0n) is 8.32. The molecule has 0 unspecified atom stereocenters. The van der Waals surface area contributed by atoms with Gasteiger partial charge in [-0.1, -0.05) is 17.7 Å². The summed E-state index contributed by atoms with van der Waals surface area (Å²) in [5, 5.41) is 0.0418. The number of hydrogen-bond donors (Lipinski definition) is 0. The molecule has 0 spiro atoms. The molecule has 3 nitrogen and oxygen atoms in total. The molecule has 0 aliphatic heterocycles. The van der Waals surface area contributed by atoms with Crippen molar-refractivity contribution in [1.82, 2.24) is 9.97 Å². The highest BCUT2D eigenvalue weighted by atomic mass is 35.5. The highest BCUT2D eigenvalue weighted by Gasteiger charge is 2.14. The normalized spacial score (nSPS) is 10.3. The molecule has 0 N–H and O–H groups in total. The van der Waals surface area contributed by atoms with Gasteiger partial charge in [-0.3, -0.25) is 4.79 Å². The quantitative estimate of drug-likeness (QED) is 0.774. The van der Waals surface area contributed by atoms with Gasteiger partial charge >= 0.3 is 0 Å². The van der Waals surface area contributed by atoms with Gasteiger partial charge in [-0.2, -0.15) is 0 Å². The Hall–Kier alpha value is -1.88. The summed E-state index contributed by atoms with van der Waals surface area (Å²) in [6.07, 6.45) is 1.56. The lowest BCUT2D eigenvalue weighted by molar-refractivity contribution is 0.111. The molecule has 2 rings (SSSR count). The Labute approximate surface area is 100 Å². The van der Waals surface area contributed by atoms with E-state index < -0.39 is 11.6 Å². The van der Waals surface area contributed by atoms with E-state index in [1.54, 1.807) is 0 Å². The molecule has 0 saturated carbocycles. The van der Waals surface area contributed by atoms with Crippen LogP contribution in [-0.4, -0.2) is 16.3 Å². The van der Waals surface area contributed by atoms with Crippen LogP contribution in [-0.2, 0) is 0 Å². The monoisotopic (exact) mass is 254 g/mol. The van der Waals surface area contributed by atoms with Crippen molar-refractivity contribution in [3.63, 3.8) is 0 Å². The van der Waals surface area contributed by atoms with Gasteiger partial charge in [0.15, 0.2) is 23.7 Å². The minimum absolute atomic E-state index is 0.0132. The molecule has 0 aliphatic rings. The SMILES string of the molecule is O=Cc1ncc(Cl)c(-c2cccc(F)c2F)n1. The van der Waals surface area contributed by atoms with Crippen LogP contribution in [0.2, 0.25) is 5.02 Å². The molecule has 0 aliphatic carbocycles. The lowest BCUT2D eigenvalue weighted by Crippen LogP contribution is -1.98. The van der Waals surface area contributed by atoms with Crippen LogP contribution in [0.4, 0.5) is 8.78 Å². The Balaban J connectivity index is 2.67. The minimum atomic E-state index is -1.06. The summed E-state index contributed by atoms with van der Waals surface area (Å²) in [6.45, 7) is 0. The van der Waals surface area contributed by atoms with Crippen molar-refractivity contribution in [2.45, 2.75) is 0 Å². The third kappa shape index (κ3) is 2.14. The molecule has 1 aromatic carbocycles. The van der Waals surface area contributed by atoms with E-state index in [0.717, 1.165) is 12.3 Å². The summed E-state index contributed by atoms with van der Waals surface area (Å²) in [5.74, 6) is -2.22. The van der Waals surface area contributed by atoms with E-state index in [9.17, 15) is 13.6 Å². The molecule has 17 heavy (non-hydrogen) atoms. The van der Waals surface area contributed by atoms with E-state index in [1.165, 1.54) is 12.1 Å². The lowest BCUT2D eigenvalue weighted by atomic mass is 10.1. The Morgan fingerprint density at radius 3 is 2.76 bits per heavy atom. The second-order valence-corrected chi connectivity index (χ2v) is 3.55. The van der Waals surface area contributed by atoms with E-state index in [4.69, 9.17) is 11.6 Å². The van der Waals surface area contributed by atoms with E-state index in [-0.39, 0.29) is 22.1 Å². The summed E-state index contributed by atoms with van der Waals surface area (Å²) < 4.78 is 26.6. The van der Waals surface area contributed by atoms with Crippen molar-refractivity contribution in [2.24, 2.45) is 0 Å². The fourth-order valence-corrected chi connectivity index (χ4v) is 1.51. The Morgan fingerprint density at radius 2 is 2.06 bits per heavy atom. The van der Waals surface area contributed by atoms with Gasteiger partial charge in [-0.25, -0.2) is 18.7 Å². The predicted octanol–water partition coefficient (Wildman–Crippen LogP) is 2.89. The summed E-state index contributed by atoms with van der Waals surface area (Å²) in [5.41, 5.74) is -0.124. The smallest absolute Gasteiger partial charge is 0.193 e. The zero-order valence-corrected chi connectivity index (χ0v) is 9.08. The average molecular weight is 255 g/mol. The van der Waals surface area contributed by atoms with Crippen molar-refractivity contribution < 1.29 is 13.6 Å². The third-order valence-electron chi connectivity index (χ3n) is 2.07. The van der Waals surface area contributed by atoms with Crippen LogP contribution in [0.25, 0.3) is 11.3 Å². The largest absolute Gasteiger partial charge is 0.294 e. The van der Waals surface area contributed by atoms with Gasteiger partial charge in [0.2, 0.25) is 0 Å². The first-order chi connectivity index (χ1) is 8.13. The van der Waals surface area contributed by atoms with Gasteiger partial charge in [0.1, 0.15) is 0 Å². The average Bonchev–Trinajstić information content (AvgIpc) is 2.34. The highest BCUT2D eigenvalue weighted by Crippen LogP contribution is 2.28. The Bertz CT molecular complexity index is 590. The maximum Gasteiger partial charge on any atom is 0.193 e. The van der Waals surface area contributed by atoms with Crippen LogP contribution in [0.15, 0.2) is 24.4 Å². The van der Waals surface area contributed by atoms with E-state index in [1.807, 2.05) is 0 Å². The minimum Gasteiger partial charge on any atom is -0.294 e. The van der Waals surface area contributed by atoms with Gasteiger partial charge in [0.05, 0.1) is 16.9 Å². The van der Waals surface area contributed by atoms with Crippen molar-refractivity contribution in [3.05, 3.63) is 46.9 Å². The van der Waals surface area contributed by atoms with Crippen molar-refractivity contribution in [3.8, 4) is 11.3 Å². The van der Waals surface area contributed by atoms with E-state index in [2.05, 4.69) is 9.97 Å². The number of aromatic nitrogens is 2. The number of carbonyl (C=O) groups excluding carboxylic acids is 1. The third-order valence-corrected chi connectivity index (χ3v) is 2.35. The number of halogens is 3. The van der Waals surface area contributed by atoms with Crippen LogP contribution in [0.3, 0.4) is 0 Å². The summed E-state index contributed by atoms with van der Waals surface area (Å²) in [4.78, 5) is 17.9. The topological polar surface area (TPSA) is 42.9 Å². The van der Waals surface area contributed by atoms with Crippen molar-refractivity contribution in [1.29, 1.82) is 0 Å². The molecule has 6 heteroatoms. The maximum atomic E-state index is 13.5. The zero-order chi connectivity index (χ0) is 12.4. The van der Waals surface area contributed by atoms with Crippen LogP contribution >= 0.6 is 11.6 Å². The number of nitrogens with zero attached hydrogens (tertiary/aromatic N) is 2. The molecule has 0 atom stereocenters. The lowest BCUT2D eigenvalue weighted by Gasteiger charge is -2.05. The molecule has 0 bridgehead atoms. The number of rotatable bonds is 2. The van der Waals surface area contributed by atoms with Gasteiger partial charge in [0, 0.05) is 5.56 Å². The van der Waals surface area contributed by atoms with Gasteiger partial charge in [0.25, 0.3) is 0 Å². The van der Waals surface area contributed by atoms with Crippen molar-refractivity contribution in [2.75, 3.05) is 0 Å². The number of aldehydes is 1. The fourth-order valence-electron chi connectivity index (χ4n) is 1.31. The highest BCUT2D eigenvalue weighted by molar-refractivity contribution is 6.32. The van der Waals surface area contributed by atoms with E-state index >= 15 is 0 Å². The number of benzene rings is 1. The Kier molecular flexibility index (Phi) is 3.10. The fraction of sp³-hybridized carbons (Fsp3) is 0. The van der Waals surface area contributed by atoms with Gasteiger partial charge in [-0.15, -0.1) is 0 Å². The molecule has 2 aromatic rings. The number of carbonyl (C=O) groups is 1. The van der Waals surface area contributed by atoms with Crippen LogP contribution in [0.1, 0.15) is 10.6 Å². The Morgan fingerprint density at radius 1 is 1.29 bits per heavy atom. The summed E-state index contributed by atoms with van der Waals surface area (Å²) in [6, 6.07) is 3.63. The second kappa shape index (κ2) is 4.55. The molecule has 0 radical (unpaired) electrons. The molecule has 1 aromatic heterocycles. The van der Waals surface area contributed by atoms with Crippen LogP contribution < -0.4 is 0 Å². The first-order valence-corrected chi connectivity index (χ1v) is 4.93. The van der Waals surface area contributed by atoms with E-state index in [0.29, 0.717) is 6.29 Å².